The molecule has 2 aromatic heterocycles. The van der Waals surface area contributed by atoms with Gasteiger partial charge in [-0.3, -0.25) is 4.40 Å². The molecule has 0 aromatic carbocycles. The van der Waals surface area contributed by atoms with Gasteiger partial charge in [0.25, 0.3) is 0 Å². The molecule has 1 atom stereocenters. The lowest BCUT2D eigenvalue weighted by molar-refractivity contribution is 0.216. The number of aryl methyl sites for hydroxylation is 1. The fourth-order valence-electron chi connectivity index (χ4n) is 3.65. The topological polar surface area (TPSA) is 43.3 Å². The standard InChI is InChI=1S/C18H29N3S/c1-17(2,3)11-7-8-12-14(9-11)22-16-20-15(18(4,5)6)13(10-19)21(12)16/h11H,7-10,19H2,1-6H3. The molecule has 0 fully saturated rings. The van der Waals surface area contributed by atoms with E-state index in [1.807, 2.05) is 11.3 Å². The molecular formula is C18H29N3S. The number of aromatic nitrogens is 2. The van der Waals surface area contributed by atoms with Crippen LogP contribution in [-0.4, -0.2) is 9.38 Å². The zero-order valence-corrected chi connectivity index (χ0v) is 15.6. The summed E-state index contributed by atoms with van der Waals surface area (Å²) in [5.74, 6) is 0.770. The second-order valence-corrected chi connectivity index (χ2v) is 9.82. The van der Waals surface area contributed by atoms with Crippen LogP contribution in [-0.2, 0) is 24.8 Å². The maximum absolute atomic E-state index is 6.09. The van der Waals surface area contributed by atoms with Crippen molar-refractivity contribution >= 4 is 16.3 Å². The molecule has 3 rings (SSSR count). The van der Waals surface area contributed by atoms with E-state index in [9.17, 15) is 0 Å². The van der Waals surface area contributed by atoms with E-state index in [2.05, 4.69) is 45.9 Å². The van der Waals surface area contributed by atoms with E-state index in [4.69, 9.17) is 10.7 Å². The number of nitrogens with two attached hydrogens (primary N) is 1. The Labute approximate surface area is 137 Å². The van der Waals surface area contributed by atoms with Crippen LogP contribution < -0.4 is 5.73 Å². The summed E-state index contributed by atoms with van der Waals surface area (Å²) in [6.45, 7) is 14.3. The van der Waals surface area contributed by atoms with Gasteiger partial charge in [0.1, 0.15) is 0 Å². The van der Waals surface area contributed by atoms with Crippen molar-refractivity contribution in [2.24, 2.45) is 17.1 Å². The number of thiazole rings is 1. The zero-order valence-electron chi connectivity index (χ0n) is 14.8. The Morgan fingerprint density at radius 2 is 1.91 bits per heavy atom. The van der Waals surface area contributed by atoms with Gasteiger partial charge in [-0.2, -0.15) is 0 Å². The Morgan fingerprint density at radius 3 is 2.45 bits per heavy atom. The molecule has 2 N–H and O–H groups in total. The minimum Gasteiger partial charge on any atom is -0.325 e. The second-order valence-electron chi connectivity index (χ2n) is 8.76. The average molecular weight is 320 g/mol. The largest absolute Gasteiger partial charge is 0.325 e. The summed E-state index contributed by atoms with van der Waals surface area (Å²) in [6, 6.07) is 0. The lowest BCUT2D eigenvalue weighted by atomic mass is 9.73. The molecule has 2 aromatic rings. The van der Waals surface area contributed by atoms with Crippen LogP contribution in [0.3, 0.4) is 0 Å². The molecule has 1 aliphatic carbocycles. The van der Waals surface area contributed by atoms with Gasteiger partial charge in [-0.15, -0.1) is 11.3 Å². The Morgan fingerprint density at radius 1 is 1.23 bits per heavy atom. The fourth-order valence-corrected chi connectivity index (χ4v) is 4.91. The normalized spacial score (nSPS) is 19.7. The highest BCUT2D eigenvalue weighted by molar-refractivity contribution is 7.17. The molecule has 0 amide bonds. The van der Waals surface area contributed by atoms with Gasteiger partial charge in [0.05, 0.1) is 11.4 Å². The van der Waals surface area contributed by atoms with E-state index in [-0.39, 0.29) is 5.41 Å². The Kier molecular flexibility index (Phi) is 3.69. The van der Waals surface area contributed by atoms with Crippen molar-refractivity contribution in [3.63, 3.8) is 0 Å². The molecule has 0 aliphatic heterocycles. The first-order valence-corrected chi connectivity index (χ1v) is 9.17. The van der Waals surface area contributed by atoms with Crippen LogP contribution in [0, 0.1) is 11.3 Å². The average Bonchev–Trinajstić information content (AvgIpc) is 2.91. The van der Waals surface area contributed by atoms with Gasteiger partial charge in [0.2, 0.25) is 0 Å². The third-order valence-electron chi connectivity index (χ3n) is 5.04. The highest BCUT2D eigenvalue weighted by Crippen LogP contribution is 2.41. The van der Waals surface area contributed by atoms with Gasteiger partial charge in [-0.05, 0) is 30.6 Å². The summed E-state index contributed by atoms with van der Waals surface area (Å²) in [5.41, 5.74) is 10.4. The Bertz CT molecular complexity index is 695. The lowest BCUT2D eigenvalue weighted by Gasteiger charge is -2.33. The van der Waals surface area contributed by atoms with Gasteiger partial charge in [-0.25, -0.2) is 4.98 Å². The molecule has 22 heavy (non-hydrogen) atoms. The van der Waals surface area contributed by atoms with Crippen LogP contribution in [0.4, 0.5) is 0 Å². The Balaban J connectivity index is 2.10. The maximum atomic E-state index is 6.09. The van der Waals surface area contributed by atoms with E-state index in [0.717, 1.165) is 17.3 Å². The van der Waals surface area contributed by atoms with Crippen LogP contribution in [0.15, 0.2) is 0 Å². The smallest absolute Gasteiger partial charge is 0.194 e. The predicted molar refractivity (Wildman–Crippen MR) is 94.6 cm³/mol. The van der Waals surface area contributed by atoms with Gasteiger partial charge < -0.3 is 5.73 Å². The van der Waals surface area contributed by atoms with Gasteiger partial charge in [0, 0.05) is 22.5 Å². The first-order valence-electron chi connectivity index (χ1n) is 8.35. The second kappa shape index (κ2) is 5.07. The number of rotatable bonds is 1. The summed E-state index contributed by atoms with van der Waals surface area (Å²) in [7, 11) is 0. The van der Waals surface area contributed by atoms with Crippen molar-refractivity contribution in [1.29, 1.82) is 0 Å². The monoisotopic (exact) mass is 319 g/mol. The molecule has 1 unspecified atom stereocenters. The van der Waals surface area contributed by atoms with E-state index >= 15 is 0 Å². The van der Waals surface area contributed by atoms with Crippen molar-refractivity contribution in [1.82, 2.24) is 9.38 Å². The molecule has 3 nitrogen and oxygen atoms in total. The van der Waals surface area contributed by atoms with Crippen molar-refractivity contribution in [3.05, 3.63) is 22.0 Å². The molecule has 0 bridgehead atoms. The van der Waals surface area contributed by atoms with Crippen LogP contribution in [0.2, 0.25) is 0 Å². The number of fused-ring (bicyclic) bond motifs is 3. The first-order chi connectivity index (χ1) is 10.1. The van der Waals surface area contributed by atoms with Crippen LogP contribution >= 0.6 is 11.3 Å². The number of hydrogen-bond donors (Lipinski definition) is 1. The van der Waals surface area contributed by atoms with Crippen LogP contribution in [0.25, 0.3) is 4.96 Å². The third-order valence-corrected chi connectivity index (χ3v) is 6.14. The molecular weight excluding hydrogens is 290 g/mol. The van der Waals surface area contributed by atoms with Crippen molar-refractivity contribution in [3.8, 4) is 0 Å². The third kappa shape index (κ3) is 2.50. The molecule has 1 aliphatic rings. The zero-order chi connectivity index (χ0) is 16.3. The van der Waals surface area contributed by atoms with Gasteiger partial charge in [0.15, 0.2) is 4.96 Å². The molecule has 2 heterocycles. The SMILES string of the molecule is CC(C)(C)c1nc2sc3c(n2c1CN)CCC(C(C)(C)C)C3. The van der Waals surface area contributed by atoms with Crippen molar-refractivity contribution in [2.75, 3.05) is 0 Å². The van der Waals surface area contributed by atoms with E-state index in [1.54, 1.807) is 0 Å². The molecule has 0 spiro atoms. The summed E-state index contributed by atoms with van der Waals surface area (Å²) in [4.78, 5) is 7.62. The molecule has 0 saturated carbocycles. The number of hydrogen-bond acceptors (Lipinski definition) is 3. The number of nitrogens with zero attached hydrogens (tertiary/aromatic N) is 2. The van der Waals surface area contributed by atoms with Gasteiger partial charge in [-0.1, -0.05) is 41.5 Å². The first kappa shape index (κ1) is 16.0. The van der Waals surface area contributed by atoms with Crippen molar-refractivity contribution in [2.45, 2.75) is 72.8 Å². The predicted octanol–water partition coefficient (Wildman–Crippen LogP) is 4.30. The van der Waals surface area contributed by atoms with E-state index < -0.39 is 0 Å². The highest BCUT2D eigenvalue weighted by atomic mass is 32.1. The number of imidazole rings is 1. The summed E-state index contributed by atoms with van der Waals surface area (Å²) >= 11 is 1.88. The Hall–Kier alpha value is -0.870. The molecule has 122 valence electrons. The molecule has 4 heteroatoms. The summed E-state index contributed by atoms with van der Waals surface area (Å²) in [5, 5.41) is 0. The van der Waals surface area contributed by atoms with Crippen LogP contribution in [0.5, 0.6) is 0 Å². The van der Waals surface area contributed by atoms with Gasteiger partial charge >= 0.3 is 0 Å². The minimum absolute atomic E-state index is 0.0515. The van der Waals surface area contributed by atoms with Crippen molar-refractivity contribution < 1.29 is 0 Å². The minimum atomic E-state index is 0.0515. The van der Waals surface area contributed by atoms with Crippen LogP contribution in [0.1, 0.15) is 69.9 Å². The lowest BCUT2D eigenvalue weighted by Crippen LogP contribution is -2.27. The maximum Gasteiger partial charge on any atom is 0.194 e. The van der Waals surface area contributed by atoms with E-state index in [0.29, 0.717) is 12.0 Å². The quantitative estimate of drug-likeness (QED) is 0.851. The molecule has 0 saturated heterocycles. The summed E-state index contributed by atoms with van der Waals surface area (Å²) < 4.78 is 2.37. The van der Waals surface area contributed by atoms with E-state index in [1.165, 1.54) is 34.8 Å². The molecule has 0 radical (unpaired) electrons. The summed E-state index contributed by atoms with van der Waals surface area (Å²) in [6.07, 6.45) is 3.63. The highest BCUT2D eigenvalue weighted by Gasteiger charge is 2.33. The fraction of sp³-hybridized carbons (Fsp3) is 0.722.